The first-order chi connectivity index (χ1) is 18.9. The average molecular weight is 531 g/mol. The molecular weight excluding hydrogens is 488 g/mol. The van der Waals surface area contributed by atoms with E-state index < -0.39 is 6.04 Å². The van der Waals surface area contributed by atoms with Crippen LogP contribution < -0.4 is 10.2 Å². The first-order valence-corrected chi connectivity index (χ1v) is 14.5. The molecule has 0 saturated carbocycles. The number of para-hydroxylation sites is 1. The Hall–Kier alpha value is -3.32. The predicted octanol–water partition coefficient (Wildman–Crippen LogP) is 4.42. The number of nitrogens with one attached hydrogen (secondary N) is 1. The van der Waals surface area contributed by atoms with Crippen LogP contribution in [0.4, 0.5) is 5.69 Å². The molecule has 0 aliphatic carbocycles. The number of piperazine rings is 1. The highest BCUT2D eigenvalue weighted by Gasteiger charge is 2.40. The molecule has 1 N–H and O–H groups in total. The lowest BCUT2D eigenvalue weighted by Crippen LogP contribution is -2.64. The fourth-order valence-electron chi connectivity index (χ4n) is 6.05. The summed E-state index contributed by atoms with van der Waals surface area (Å²) in [5.74, 6) is 0.703. The second-order valence-electron chi connectivity index (χ2n) is 11.4. The Balaban J connectivity index is 1.29. The molecule has 7 nitrogen and oxygen atoms in total. The lowest BCUT2D eigenvalue weighted by molar-refractivity contribution is -0.150. The van der Waals surface area contributed by atoms with E-state index in [0.29, 0.717) is 13.1 Å². The zero-order valence-electron chi connectivity index (χ0n) is 23.6. The topological polar surface area (TPSA) is 65.1 Å². The van der Waals surface area contributed by atoms with Gasteiger partial charge in [0.2, 0.25) is 11.8 Å². The van der Waals surface area contributed by atoms with Gasteiger partial charge in [-0.2, -0.15) is 0 Å². The van der Waals surface area contributed by atoms with Crippen LogP contribution in [-0.4, -0.2) is 66.5 Å². The molecule has 2 aromatic carbocycles. The molecule has 2 atom stereocenters. The highest BCUT2D eigenvalue weighted by Crippen LogP contribution is 2.28. The van der Waals surface area contributed by atoms with E-state index in [1.807, 2.05) is 43.0 Å². The van der Waals surface area contributed by atoms with Gasteiger partial charge in [-0.25, -0.2) is 0 Å². The summed E-state index contributed by atoms with van der Waals surface area (Å²) in [6.45, 7) is 11.3. The Morgan fingerprint density at radius 3 is 2.46 bits per heavy atom. The molecular formula is C32H42N4O3. The van der Waals surface area contributed by atoms with E-state index in [9.17, 15) is 9.59 Å². The summed E-state index contributed by atoms with van der Waals surface area (Å²) in [5, 5.41) is 3.13. The molecule has 2 fully saturated rings. The molecule has 3 aliphatic rings. The van der Waals surface area contributed by atoms with Crippen molar-refractivity contribution in [3.63, 3.8) is 0 Å². The third-order valence-corrected chi connectivity index (χ3v) is 8.06. The maximum atomic E-state index is 13.6. The van der Waals surface area contributed by atoms with Crippen molar-refractivity contribution in [2.45, 2.75) is 65.2 Å². The summed E-state index contributed by atoms with van der Waals surface area (Å²) in [6, 6.07) is 16.2. The summed E-state index contributed by atoms with van der Waals surface area (Å²) in [6.07, 6.45) is 5.52. The van der Waals surface area contributed by atoms with Gasteiger partial charge in [-0.1, -0.05) is 56.3 Å². The molecule has 2 unspecified atom stereocenters. The molecule has 2 amide bonds. The van der Waals surface area contributed by atoms with Gasteiger partial charge in [0, 0.05) is 68.9 Å². The highest BCUT2D eigenvalue weighted by atomic mass is 16.5. The van der Waals surface area contributed by atoms with Gasteiger partial charge in [0.1, 0.15) is 11.8 Å². The van der Waals surface area contributed by atoms with E-state index in [2.05, 4.69) is 52.4 Å². The van der Waals surface area contributed by atoms with Crippen molar-refractivity contribution < 1.29 is 14.3 Å². The van der Waals surface area contributed by atoms with Gasteiger partial charge in [0.25, 0.3) is 0 Å². The molecule has 5 rings (SSSR count). The van der Waals surface area contributed by atoms with E-state index in [1.54, 1.807) is 0 Å². The van der Waals surface area contributed by atoms with Crippen LogP contribution in [-0.2, 0) is 27.4 Å². The number of ether oxygens (including phenoxy) is 1. The maximum Gasteiger partial charge on any atom is 0.244 e. The number of hydrogen-bond acceptors (Lipinski definition) is 5. The molecule has 3 aliphatic heterocycles. The molecule has 0 spiro atoms. The fourth-order valence-corrected chi connectivity index (χ4v) is 6.05. The lowest BCUT2D eigenvalue weighted by atomic mass is 10.0. The Morgan fingerprint density at radius 2 is 1.77 bits per heavy atom. The minimum absolute atomic E-state index is 0.0361. The minimum atomic E-state index is -0.529. The maximum absolute atomic E-state index is 13.6. The van der Waals surface area contributed by atoms with E-state index in [4.69, 9.17) is 4.74 Å². The van der Waals surface area contributed by atoms with E-state index in [0.717, 1.165) is 56.1 Å². The highest BCUT2D eigenvalue weighted by molar-refractivity contribution is 5.89. The molecule has 0 aromatic heterocycles. The van der Waals surface area contributed by atoms with Crippen LogP contribution in [0.5, 0.6) is 0 Å². The summed E-state index contributed by atoms with van der Waals surface area (Å²) in [4.78, 5) is 33.5. The Kier molecular flexibility index (Phi) is 8.56. The molecule has 2 saturated heterocycles. The van der Waals surface area contributed by atoms with Crippen molar-refractivity contribution in [2.75, 3.05) is 37.7 Å². The number of hydrogen-bond donors (Lipinski definition) is 1. The van der Waals surface area contributed by atoms with Gasteiger partial charge < -0.3 is 19.9 Å². The van der Waals surface area contributed by atoms with Crippen molar-refractivity contribution in [3.8, 4) is 0 Å². The van der Waals surface area contributed by atoms with Gasteiger partial charge in [0.15, 0.2) is 0 Å². The zero-order valence-corrected chi connectivity index (χ0v) is 23.6. The SMILES string of the molecule is CC(C)C(=O)N1C(C)CN(Cc2ccccc2N2CCCC2)CC1C(=O)NCc1ccc(C2=CCCO2)cc1. The Labute approximate surface area is 232 Å². The standard InChI is InChI=1S/C32H42N4O3/c1-23(2)32(38)36-24(3)20-34(21-27-9-4-5-10-28(27)35-16-6-7-17-35)22-29(36)31(37)33-19-25-12-14-26(15-13-25)30-11-8-18-39-30/h4-5,9-15,23-24,29H,6-8,16-22H2,1-3H3,(H,33,37). The predicted molar refractivity (Wildman–Crippen MR) is 155 cm³/mol. The van der Waals surface area contributed by atoms with Gasteiger partial charge in [0.05, 0.1) is 6.61 Å². The Morgan fingerprint density at radius 1 is 1.03 bits per heavy atom. The van der Waals surface area contributed by atoms with Crippen molar-refractivity contribution in [2.24, 2.45) is 5.92 Å². The summed E-state index contributed by atoms with van der Waals surface area (Å²) in [5.41, 5.74) is 4.66. The summed E-state index contributed by atoms with van der Waals surface area (Å²) >= 11 is 0. The zero-order chi connectivity index (χ0) is 27.4. The monoisotopic (exact) mass is 530 g/mol. The van der Waals surface area contributed by atoms with Crippen molar-refractivity contribution in [3.05, 3.63) is 71.3 Å². The largest absolute Gasteiger partial charge is 0.493 e. The third-order valence-electron chi connectivity index (χ3n) is 8.06. The van der Waals surface area contributed by atoms with Crippen LogP contribution in [0.25, 0.3) is 5.76 Å². The second-order valence-corrected chi connectivity index (χ2v) is 11.4. The quantitative estimate of drug-likeness (QED) is 0.547. The van der Waals surface area contributed by atoms with Gasteiger partial charge in [-0.15, -0.1) is 0 Å². The van der Waals surface area contributed by atoms with Gasteiger partial charge >= 0.3 is 0 Å². The van der Waals surface area contributed by atoms with E-state index in [-0.39, 0.29) is 23.8 Å². The number of carbonyl (C=O) groups is 2. The smallest absolute Gasteiger partial charge is 0.244 e. The number of anilines is 1. The van der Waals surface area contributed by atoms with Crippen molar-refractivity contribution in [1.82, 2.24) is 15.1 Å². The van der Waals surface area contributed by atoms with Crippen LogP contribution in [0.15, 0.2) is 54.6 Å². The minimum Gasteiger partial charge on any atom is -0.493 e. The summed E-state index contributed by atoms with van der Waals surface area (Å²) in [7, 11) is 0. The van der Waals surface area contributed by atoms with Gasteiger partial charge in [-0.3, -0.25) is 14.5 Å². The van der Waals surface area contributed by atoms with Crippen LogP contribution >= 0.6 is 0 Å². The number of benzene rings is 2. The van der Waals surface area contributed by atoms with E-state index in [1.165, 1.54) is 24.1 Å². The first kappa shape index (κ1) is 27.3. The fraction of sp³-hybridized carbons (Fsp3) is 0.500. The molecule has 2 aromatic rings. The molecule has 39 heavy (non-hydrogen) atoms. The van der Waals surface area contributed by atoms with E-state index >= 15 is 0 Å². The van der Waals surface area contributed by atoms with Crippen LogP contribution in [0.2, 0.25) is 0 Å². The van der Waals surface area contributed by atoms with Crippen LogP contribution in [0, 0.1) is 5.92 Å². The number of nitrogens with zero attached hydrogens (tertiary/aromatic N) is 3. The second kappa shape index (κ2) is 12.2. The van der Waals surface area contributed by atoms with Gasteiger partial charge in [-0.05, 0) is 43.0 Å². The summed E-state index contributed by atoms with van der Waals surface area (Å²) < 4.78 is 5.66. The van der Waals surface area contributed by atoms with Crippen LogP contribution in [0.1, 0.15) is 56.7 Å². The third kappa shape index (κ3) is 6.30. The first-order valence-electron chi connectivity index (χ1n) is 14.5. The molecule has 7 heteroatoms. The van der Waals surface area contributed by atoms with Crippen LogP contribution in [0.3, 0.4) is 0 Å². The molecule has 0 bridgehead atoms. The number of carbonyl (C=O) groups excluding carboxylic acids is 2. The van der Waals surface area contributed by atoms with Crippen molar-refractivity contribution in [1.29, 1.82) is 0 Å². The number of rotatable bonds is 8. The number of amides is 2. The average Bonchev–Trinajstić information content (AvgIpc) is 3.67. The molecule has 0 radical (unpaired) electrons. The molecule has 208 valence electrons. The lowest BCUT2D eigenvalue weighted by Gasteiger charge is -2.45. The van der Waals surface area contributed by atoms with Crippen molar-refractivity contribution >= 4 is 23.3 Å². The normalized spacial score (nSPS) is 21.7. The molecule has 3 heterocycles. The Bertz CT molecular complexity index is 1190.